The number of methoxy groups -OCH3 is 1. The molecule has 0 amide bonds. The summed E-state index contributed by atoms with van der Waals surface area (Å²) in [7, 11) is -2.53. The molecule has 196 valence electrons. The van der Waals surface area contributed by atoms with Gasteiger partial charge >= 0.3 is 16.2 Å². The monoisotopic (exact) mass is 539 g/mol. The Bertz CT molecular complexity index is 1220. The van der Waals surface area contributed by atoms with Crippen LogP contribution in [0.1, 0.15) is 42.1 Å². The first kappa shape index (κ1) is 26.4. The molecular weight excluding hydrogens is 510 g/mol. The molecule has 2 aliphatic rings. The minimum atomic E-state index is -3.81. The van der Waals surface area contributed by atoms with E-state index in [1.165, 1.54) is 40.4 Å². The summed E-state index contributed by atoms with van der Waals surface area (Å²) < 4.78 is 41.0. The SMILES string of the molecule is COC(=O)c1ccc(NS(=O)(=O)N2CCC(n3ncc(NCC4CCCOC4)c(Cl)c3=O)CC2)cc1. The third-order valence-electron chi connectivity index (χ3n) is 6.44. The number of ether oxygens (including phenoxy) is 2. The molecular formula is C23H30ClN5O6S. The maximum atomic E-state index is 12.9. The van der Waals surface area contributed by atoms with E-state index in [2.05, 4.69) is 19.9 Å². The van der Waals surface area contributed by atoms with Gasteiger partial charge in [-0.1, -0.05) is 11.6 Å². The lowest BCUT2D eigenvalue weighted by Crippen LogP contribution is -2.43. The summed E-state index contributed by atoms with van der Waals surface area (Å²) in [5.41, 5.74) is 0.747. The van der Waals surface area contributed by atoms with Crippen molar-refractivity contribution in [2.45, 2.75) is 31.7 Å². The molecule has 2 saturated heterocycles. The van der Waals surface area contributed by atoms with Crippen molar-refractivity contribution in [3.05, 3.63) is 51.4 Å². The summed E-state index contributed by atoms with van der Waals surface area (Å²) in [5.74, 6) is -0.138. The maximum absolute atomic E-state index is 12.9. The number of piperidine rings is 1. The minimum Gasteiger partial charge on any atom is -0.465 e. The van der Waals surface area contributed by atoms with Gasteiger partial charge in [-0.25, -0.2) is 9.48 Å². The lowest BCUT2D eigenvalue weighted by molar-refractivity contribution is 0.0594. The van der Waals surface area contributed by atoms with E-state index in [1.807, 2.05) is 0 Å². The highest BCUT2D eigenvalue weighted by Crippen LogP contribution is 2.25. The molecule has 1 aromatic carbocycles. The fourth-order valence-electron chi connectivity index (χ4n) is 4.38. The Morgan fingerprint density at radius 3 is 2.58 bits per heavy atom. The smallest absolute Gasteiger partial charge is 0.337 e. The third kappa shape index (κ3) is 6.17. The van der Waals surface area contributed by atoms with Gasteiger partial charge in [0.15, 0.2) is 0 Å². The van der Waals surface area contributed by atoms with E-state index in [1.54, 1.807) is 6.20 Å². The summed E-state index contributed by atoms with van der Waals surface area (Å²) in [6.07, 6.45) is 4.46. The third-order valence-corrected chi connectivity index (χ3v) is 8.35. The number of halogens is 1. The Labute approximate surface area is 214 Å². The first-order valence-electron chi connectivity index (χ1n) is 11.8. The predicted molar refractivity (Wildman–Crippen MR) is 136 cm³/mol. The molecule has 3 heterocycles. The van der Waals surface area contributed by atoms with Crippen LogP contribution < -0.4 is 15.6 Å². The van der Waals surface area contributed by atoms with Gasteiger partial charge in [-0.3, -0.25) is 9.52 Å². The topological polar surface area (TPSA) is 132 Å². The van der Waals surface area contributed by atoms with Crippen molar-refractivity contribution >= 4 is 39.2 Å². The second kappa shape index (κ2) is 11.6. The fourth-order valence-corrected chi connectivity index (χ4v) is 5.84. The molecule has 1 unspecified atom stereocenters. The van der Waals surface area contributed by atoms with Crippen molar-refractivity contribution in [1.29, 1.82) is 0 Å². The van der Waals surface area contributed by atoms with E-state index < -0.39 is 21.7 Å². The van der Waals surface area contributed by atoms with Crippen LogP contribution in [0, 0.1) is 5.92 Å². The van der Waals surface area contributed by atoms with Crippen LogP contribution in [0.25, 0.3) is 0 Å². The highest BCUT2D eigenvalue weighted by atomic mass is 35.5. The molecule has 0 radical (unpaired) electrons. The molecule has 1 atom stereocenters. The highest BCUT2D eigenvalue weighted by Gasteiger charge is 2.30. The van der Waals surface area contributed by atoms with Crippen LogP contribution in [0.5, 0.6) is 0 Å². The second-order valence-electron chi connectivity index (χ2n) is 8.89. The van der Waals surface area contributed by atoms with Gasteiger partial charge in [0.05, 0.1) is 37.2 Å². The van der Waals surface area contributed by atoms with Crippen molar-refractivity contribution in [3.8, 4) is 0 Å². The number of nitrogens with one attached hydrogen (secondary N) is 2. The zero-order valence-corrected chi connectivity index (χ0v) is 21.6. The number of nitrogens with zero attached hydrogens (tertiary/aromatic N) is 3. The van der Waals surface area contributed by atoms with Crippen molar-refractivity contribution in [2.24, 2.45) is 5.92 Å². The van der Waals surface area contributed by atoms with Gasteiger partial charge in [0.2, 0.25) is 0 Å². The average molecular weight is 540 g/mol. The molecule has 36 heavy (non-hydrogen) atoms. The van der Waals surface area contributed by atoms with Gasteiger partial charge in [0, 0.05) is 31.9 Å². The number of carbonyl (C=O) groups is 1. The van der Waals surface area contributed by atoms with Gasteiger partial charge in [-0.2, -0.15) is 17.8 Å². The van der Waals surface area contributed by atoms with Crippen LogP contribution in [-0.4, -0.2) is 68.4 Å². The van der Waals surface area contributed by atoms with Gasteiger partial charge in [0.25, 0.3) is 5.56 Å². The van der Waals surface area contributed by atoms with Crippen LogP contribution in [-0.2, 0) is 19.7 Å². The Hall–Kier alpha value is -2.67. The molecule has 2 aromatic rings. The normalized spacial score (nSPS) is 19.6. The number of hydrogen-bond donors (Lipinski definition) is 2. The number of hydrogen-bond acceptors (Lipinski definition) is 8. The molecule has 0 spiro atoms. The highest BCUT2D eigenvalue weighted by molar-refractivity contribution is 7.90. The Balaban J connectivity index is 1.34. The van der Waals surface area contributed by atoms with Crippen LogP contribution >= 0.6 is 11.6 Å². The molecule has 4 rings (SSSR count). The first-order valence-corrected chi connectivity index (χ1v) is 13.7. The van der Waals surface area contributed by atoms with E-state index in [9.17, 15) is 18.0 Å². The zero-order valence-electron chi connectivity index (χ0n) is 20.0. The molecule has 2 aliphatic heterocycles. The van der Waals surface area contributed by atoms with E-state index in [4.69, 9.17) is 16.3 Å². The van der Waals surface area contributed by atoms with Crippen molar-refractivity contribution in [1.82, 2.24) is 14.1 Å². The number of anilines is 2. The summed E-state index contributed by atoms with van der Waals surface area (Å²) in [6, 6.07) is 5.71. The Morgan fingerprint density at radius 2 is 1.94 bits per heavy atom. The summed E-state index contributed by atoms with van der Waals surface area (Å²) in [6.45, 7) is 2.56. The lowest BCUT2D eigenvalue weighted by Gasteiger charge is -2.31. The molecule has 0 bridgehead atoms. The lowest BCUT2D eigenvalue weighted by atomic mass is 10.0. The molecule has 2 fully saturated rings. The van der Waals surface area contributed by atoms with Gasteiger partial charge < -0.3 is 14.8 Å². The molecule has 1 aromatic heterocycles. The molecule has 2 N–H and O–H groups in total. The average Bonchev–Trinajstić information content (AvgIpc) is 2.90. The molecule has 0 aliphatic carbocycles. The zero-order chi connectivity index (χ0) is 25.7. The predicted octanol–water partition coefficient (Wildman–Crippen LogP) is 2.52. The number of esters is 1. The Kier molecular flexibility index (Phi) is 8.50. The van der Waals surface area contributed by atoms with Crippen molar-refractivity contribution < 1.29 is 22.7 Å². The van der Waals surface area contributed by atoms with Gasteiger partial charge in [-0.05, 0) is 55.9 Å². The molecule has 13 heteroatoms. The first-order chi connectivity index (χ1) is 17.3. The van der Waals surface area contributed by atoms with E-state index in [0.717, 1.165) is 19.4 Å². The van der Waals surface area contributed by atoms with E-state index in [0.29, 0.717) is 48.8 Å². The van der Waals surface area contributed by atoms with Crippen molar-refractivity contribution in [2.75, 3.05) is 50.0 Å². The number of benzene rings is 1. The fraction of sp³-hybridized carbons (Fsp3) is 0.522. The van der Waals surface area contributed by atoms with Crippen LogP contribution in [0.2, 0.25) is 5.02 Å². The maximum Gasteiger partial charge on any atom is 0.337 e. The quantitative estimate of drug-likeness (QED) is 0.489. The standard InChI is InChI=1S/C23H30ClN5O6S/c1-34-23(31)17-4-6-18(7-5-17)27-36(32,33)28-10-8-19(9-11-28)29-22(30)21(24)20(14-26-29)25-13-16-3-2-12-35-15-16/h4-7,14,16,19,25,27H,2-3,8-13,15H2,1H3. The van der Waals surface area contributed by atoms with Crippen molar-refractivity contribution in [3.63, 3.8) is 0 Å². The van der Waals surface area contributed by atoms with Crippen LogP contribution in [0.4, 0.5) is 11.4 Å². The summed E-state index contributed by atoms with van der Waals surface area (Å²) >= 11 is 6.35. The van der Waals surface area contributed by atoms with E-state index in [-0.39, 0.29) is 24.2 Å². The number of carbonyl (C=O) groups excluding carboxylic acids is 1. The minimum absolute atomic E-state index is 0.0776. The summed E-state index contributed by atoms with van der Waals surface area (Å²) in [5, 5.41) is 7.60. The van der Waals surface area contributed by atoms with Crippen LogP contribution in [0.3, 0.4) is 0 Å². The largest absolute Gasteiger partial charge is 0.465 e. The Morgan fingerprint density at radius 1 is 1.22 bits per heavy atom. The molecule has 0 saturated carbocycles. The van der Waals surface area contributed by atoms with Gasteiger partial charge in [-0.15, -0.1) is 0 Å². The molecule has 11 nitrogen and oxygen atoms in total. The van der Waals surface area contributed by atoms with E-state index >= 15 is 0 Å². The number of aromatic nitrogens is 2. The summed E-state index contributed by atoms with van der Waals surface area (Å²) in [4.78, 5) is 24.4. The van der Waals surface area contributed by atoms with Crippen LogP contribution in [0.15, 0.2) is 35.3 Å². The second-order valence-corrected chi connectivity index (χ2v) is 10.9. The van der Waals surface area contributed by atoms with Gasteiger partial charge in [0.1, 0.15) is 5.02 Å². The number of rotatable bonds is 8.